The summed E-state index contributed by atoms with van der Waals surface area (Å²) in [6.07, 6.45) is 4.73. The number of thiophene rings is 1. The molecule has 1 aromatic carbocycles. The van der Waals surface area contributed by atoms with Crippen LogP contribution in [0.15, 0.2) is 41.8 Å². The van der Waals surface area contributed by atoms with Gasteiger partial charge in [-0.1, -0.05) is 31.0 Å². The molecule has 1 aliphatic rings. The Labute approximate surface area is 135 Å². The summed E-state index contributed by atoms with van der Waals surface area (Å²) in [6.45, 7) is 2.30. The van der Waals surface area contributed by atoms with Gasteiger partial charge in [0.2, 0.25) is 0 Å². The van der Waals surface area contributed by atoms with Crippen molar-refractivity contribution in [3.8, 4) is 5.75 Å². The predicted octanol–water partition coefficient (Wildman–Crippen LogP) is 4.34. The highest BCUT2D eigenvalue weighted by molar-refractivity contribution is 7.12. The minimum Gasteiger partial charge on any atom is -0.489 e. The molecule has 4 heteroatoms. The average molecular weight is 315 g/mol. The van der Waals surface area contributed by atoms with Crippen molar-refractivity contribution in [2.24, 2.45) is 0 Å². The highest BCUT2D eigenvalue weighted by atomic mass is 32.1. The molecule has 0 radical (unpaired) electrons. The number of benzene rings is 1. The van der Waals surface area contributed by atoms with Crippen molar-refractivity contribution in [1.29, 1.82) is 0 Å². The van der Waals surface area contributed by atoms with E-state index in [4.69, 9.17) is 4.74 Å². The van der Waals surface area contributed by atoms with Gasteiger partial charge in [-0.25, -0.2) is 0 Å². The molecule has 0 saturated carbocycles. The number of likely N-dealkylation sites (tertiary alicyclic amines) is 1. The number of hydrogen-bond acceptors (Lipinski definition) is 3. The fourth-order valence-electron chi connectivity index (χ4n) is 2.68. The Hall–Kier alpha value is -1.81. The Balaban J connectivity index is 1.59. The van der Waals surface area contributed by atoms with Crippen LogP contribution in [0.3, 0.4) is 0 Å². The lowest BCUT2D eigenvalue weighted by Crippen LogP contribution is -2.31. The number of para-hydroxylation sites is 1. The van der Waals surface area contributed by atoms with E-state index in [1.807, 2.05) is 46.7 Å². The van der Waals surface area contributed by atoms with Crippen molar-refractivity contribution in [3.05, 3.63) is 52.2 Å². The highest BCUT2D eigenvalue weighted by Crippen LogP contribution is 2.21. The van der Waals surface area contributed by atoms with Gasteiger partial charge in [-0.05, 0) is 36.4 Å². The van der Waals surface area contributed by atoms with Crippen LogP contribution >= 0.6 is 11.3 Å². The number of amides is 1. The highest BCUT2D eigenvalue weighted by Gasteiger charge is 2.18. The fourth-order valence-corrected chi connectivity index (χ4v) is 3.54. The van der Waals surface area contributed by atoms with Crippen LogP contribution in [0.25, 0.3) is 0 Å². The van der Waals surface area contributed by atoms with Gasteiger partial charge in [0.15, 0.2) is 0 Å². The average Bonchev–Trinajstić information content (AvgIpc) is 2.87. The summed E-state index contributed by atoms with van der Waals surface area (Å²) < 4.78 is 5.73. The van der Waals surface area contributed by atoms with Gasteiger partial charge in [-0.2, -0.15) is 0 Å². The molecule has 0 aliphatic carbocycles. The number of nitrogens with zero attached hydrogens (tertiary/aromatic N) is 1. The molecule has 1 aliphatic heterocycles. The van der Waals surface area contributed by atoms with Crippen LogP contribution in [0.4, 0.5) is 0 Å². The van der Waals surface area contributed by atoms with E-state index in [-0.39, 0.29) is 5.91 Å². The van der Waals surface area contributed by atoms with E-state index in [1.165, 1.54) is 24.2 Å². The lowest BCUT2D eigenvalue weighted by Gasteiger charge is -2.19. The molecular formula is C18H21NO2S. The summed E-state index contributed by atoms with van der Waals surface area (Å²) in [4.78, 5) is 15.4. The quantitative estimate of drug-likeness (QED) is 0.840. The predicted molar refractivity (Wildman–Crippen MR) is 89.5 cm³/mol. The molecule has 0 spiro atoms. The van der Waals surface area contributed by atoms with Gasteiger partial charge in [0.1, 0.15) is 12.4 Å². The molecule has 22 heavy (non-hydrogen) atoms. The molecule has 3 rings (SSSR count). The van der Waals surface area contributed by atoms with E-state index < -0.39 is 0 Å². The molecule has 2 aromatic rings. The number of carbonyl (C=O) groups is 1. The number of rotatable bonds is 4. The first-order chi connectivity index (χ1) is 10.8. The van der Waals surface area contributed by atoms with Crippen LogP contribution in [0, 0.1) is 0 Å². The first kappa shape index (κ1) is 15.1. The third-order valence-corrected chi connectivity index (χ3v) is 4.87. The van der Waals surface area contributed by atoms with Gasteiger partial charge < -0.3 is 9.64 Å². The molecule has 0 bridgehead atoms. The molecular weight excluding hydrogens is 294 g/mol. The minimum absolute atomic E-state index is 0.179. The zero-order valence-corrected chi connectivity index (χ0v) is 13.5. The first-order valence-corrected chi connectivity index (χ1v) is 8.75. The monoisotopic (exact) mass is 315 g/mol. The second kappa shape index (κ2) is 7.45. The minimum atomic E-state index is 0.179. The molecule has 2 heterocycles. The zero-order valence-electron chi connectivity index (χ0n) is 12.7. The Morgan fingerprint density at radius 2 is 1.82 bits per heavy atom. The Bertz CT molecular complexity index is 601. The lowest BCUT2D eigenvalue weighted by atomic mass is 10.2. The van der Waals surface area contributed by atoms with Crippen molar-refractivity contribution in [1.82, 2.24) is 4.90 Å². The largest absolute Gasteiger partial charge is 0.489 e. The van der Waals surface area contributed by atoms with Gasteiger partial charge in [0, 0.05) is 18.7 Å². The van der Waals surface area contributed by atoms with Crippen molar-refractivity contribution in [2.45, 2.75) is 32.3 Å². The molecule has 0 unspecified atom stereocenters. The van der Waals surface area contributed by atoms with Crippen LogP contribution in [-0.4, -0.2) is 23.9 Å². The second-order valence-corrected chi connectivity index (χ2v) is 6.54. The SMILES string of the molecule is O=C(c1cc(COc2ccccc2)cs1)N1CCCCCC1. The summed E-state index contributed by atoms with van der Waals surface area (Å²) >= 11 is 1.52. The van der Waals surface area contributed by atoms with E-state index in [2.05, 4.69) is 0 Å². The van der Waals surface area contributed by atoms with Crippen LogP contribution in [0.2, 0.25) is 0 Å². The molecule has 0 atom stereocenters. The van der Waals surface area contributed by atoms with E-state index in [9.17, 15) is 4.79 Å². The molecule has 3 nitrogen and oxygen atoms in total. The fraction of sp³-hybridized carbons (Fsp3) is 0.389. The van der Waals surface area contributed by atoms with E-state index >= 15 is 0 Å². The summed E-state index contributed by atoms with van der Waals surface area (Å²) in [5.41, 5.74) is 1.06. The zero-order chi connectivity index (χ0) is 15.2. The number of ether oxygens (including phenoxy) is 1. The third kappa shape index (κ3) is 3.89. The normalized spacial score (nSPS) is 15.4. The maximum absolute atomic E-state index is 12.5. The van der Waals surface area contributed by atoms with Crippen LogP contribution in [0.1, 0.15) is 40.9 Å². The van der Waals surface area contributed by atoms with E-state index in [1.54, 1.807) is 0 Å². The van der Waals surface area contributed by atoms with Gasteiger partial charge >= 0.3 is 0 Å². The van der Waals surface area contributed by atoms with E-state index in [0.717, 1.165) is 42.1 Å². The second-order valence-electron chi connectivity index (χ2n) is 5.63. The number of hydrogen-bond donors (Lipinski definition) is 0. The summed E-state index contributed by atoms with van der Waals surface area (Å²) in [5.74, 6) is 1.03. The van der Waals surface area contributed by atoms with Crippen molar-refractivity contribution < 1.29 is 9.53 Å². The van der Waals surface area contributed by atoms with Gasteiger partial charge in [-0.15, -0.1) is 11.3 Å². The lowest BCUT2D eigenvalue weighted by molar-refractivity contribution is 0.0766. The Morgan fingerprint density at radius 1 is 1.09 bits per heavy atom. The van der Waals surface area contributed by atoms with Crippen LogP contribution in [0.5, 0.6) is 5.75 Å². The van der Waals surface area contributed by atoms with Crippen molar-refractivity contribution in [3.63, 3.8) is 0 Å². The number of carbonyl (C=O) groups excluding carboxylic acids is 1. The molecule has 1 amide bonds. The summed E-state index contributed by atoms with van der Waals surface area (Å²) in [7, 11) is 0. The van der Waals surface area contributed by atoms with Crippen molar-refractivity contribution in [2.75, 3.05) is 13.1 Å². The molecule has 0 N–H and O–H groups in total. The Kier molecular flexibility index (Phi) is 5.11. The smallest absolute Gasteiger partial charge is 0.263 e. The maximum Gasteiger partial charge on any atom is 0.263 e. The van der Waals surface area contributed by atoms with Crippen LogP contribution < -0.4 is 4.74 Å². The first-order valence-electron chi connectivity index (χ1n) is 7.87. The Morgan fingerprint density at radius 3 is 2.55 bits per heavy atom. The van der Waals surface area contributed by atoms with Gasteiger partial charge in [0.25, 0.3) is 5.91 Å². The molecule has 1 aromatic heterocycles. The van der Waals surface area contributed by atoms with Gasteiger partial charge in [0.05, 0.1) is 4.88 Å². The summed E-state index contributed by atoms with van der Waals surface area (Å²) in [6, 6.07) is 11.7. The topological polar surface area (TPSA) is 29.5 Å². The molecule has 116 valence electrons. The third-order valence-electron chi connectivity index (χ3n) is 3.91. The molecule has 1 fully saturated rings. The summed E-state index contributed by atoms with van der Waals surface area (Å²) in [5, 5.41) is 2.02. The maximum atomic E-state index is 12.5. The standard InChI is InChI=1S/C18H21NO2S/c20-18(19-10-6-1-2-7-11-19)17-12-15(14-22-17)13-21-16-8-4-3-5-9-16/h3-5,8-9,12,14H,1-2,6-7,10-11,13H2. The van der Waals surface area contributed by atoms with Crippen LogP contribution in [-0.2, 0) is 6.61 Å². The van der Waals surface area contributed by atoms with Crippen molar-refractivity contribution >= 4 is 17.2 Å². The van der Waals surface area contributed by atoms with E-state index in [0.29, 0.717) is 6.61 Å². The molecule has 1 saturated heterocycles. The van der Waals surface area contributed by atoms with Gasteiger partial charge in [-0.3, -0.25) is 4.79 Å².